The molecule has 2 aromatic carbocycles. The number of nitrogens with one attached hydrogen (secondary N) is 1. The molecular weight excluding hydrogens is 329 g/mol. The first kappa shape index (κ1) is 13.1. The van der Waals surface area contributed by atoms with Gasteiger partial charge < -0.3 is 5.32 Å². The van der Waals surface area contributed by atoms with Crippen LogP contribution in [0.5, 0.6) is 0 Å². The SMILES string of the molecule is Fc1ccc([C@H]2Nc3ccc(Br)cc3[C@H]3C=CC[C@H]32)cc1. The van der Waals surface area contributed by atoms with Gasteiger partial charge in [-0.15, -0.1) is 0 Å². The fourth-order valence-electron chi connectivity index (χ4n) is 3.57. The fourth-order valence-corrected chi connectivity index (χ4v) is 3.94. The molecule has 0 unspecified atom stereocenters. The molecule has 3 heteroatoms. The van der Waals surface area contributed by atoms with Gasteiger partial charge in [0.25, 0.3) is 0 Å². The normalized spacial score (nSPS) is 26.1. The maximum atomic E-state index is 13.2. The number of rotatable bonds is 1. The van der Waals surface area contributed by atoms with Gasteiger partial charge in [-0.2, -0.15) is 0 Å². The summed E-state index contributed by atoms with van der Waals surface area (Å²) in [7, 11) is 0. The van der Waals surface area contributed by atoms with E-state index in [1.165, 1.54) is 11.3 Å². The Bertz CT molecular complexity index is 708. The predicted molar refractivity (Wildman–Crippen MR) is 86.9 cm³/mol. The van der Waals surface area contributed by atoms with Crippen molar-refractivity contribution >= 4 is 21.6 Å². The monoisotopic (exact) mass is 343 g/mol. The number of allylic oxidation sites excluding steroid dienone is 2. The van der Waals surface area contributed by atoms with Crippen LogP contribution in [0, 0.1) is 11.7 Å². The summed E-state index contributed by atoms with van der Waals surface area (Å²) in [6.45, 7) is 0. The van der Waals surface area contributed by atoms with E-state index in [2.05, 4.69) is 51.6 Å². The van der Waals surface area contributed by atoms with Gasteiger partial charge >= 0.3 is 0 Å². The number of hydrogen-bond donors (Lipinski definition) is 1. The van der Waals surface area contributed by atoms with Crippen molar-refractivity contribution in [3.63, 3.8) is 0 Å². The van der Waals surface area contributed by atoms with E-state index in [1.807, 2.05) is 12.1 Å². The van der Waals surface area contributed by atoms with Crippen LogP contribution in [-0.2, 0) is 0 Å². The molecule has 3 atom stereocenters. The van der Waals surface area contributed by atoms with E-state index in [1.54, 1.807) is 12.1 Å². The maximum absolute atomic E-state index is 13.2. The highest BCUT2D eigenvalue weighted by atomic mass is 79.9. The highest BCUT2D eigenvalue weighted by Crippen LogP contribution is 2.50. The number of fused-ring (bicyclic) bond motifs is 3. The summed E-state index contributed by atoms with van der Waals surface area (Å²) < 4.78 is 14.3. The number of benzene rings is 2. The van der Waals surface area contributed by atoms with Crippen LogP contribution in [0.15, 0.2) is 59.1 Å². The largest absolute Gasteiger partial charge is 0.378 e. The first-order valence-electron chi connectivity index (χ1n) is 7.20. The molecule has 0 saturated heterocycles. The average molecular weight is 344 g/mol. The highest BCUT2D eigenvalue weighted by Gasteiger charge is 2.37. The maximum Gasteiger partial charge on any atom is 0.123 e. The molecule has 0 fully saturated rings. The Kier molecular flexibility index (Phi) is 3.11. The van der Waals surface area contributed by atoms with E-state index >= 15 is 0 Å². The van der Waals surface area contributed by atoms with E-state index in [4.69, 9.17) is 0 Å². The lowest BCUT2D eigenvalue weighted by Gasteiger charge is -2.37. The Morgan fingerprint density at radius 1 is 1.10 bits per heavy atom. The molecule has 4 rings (SSSR count). The van der Waals surface area contributed by atoms with Gasteiger partial charge in [0.2, 0.25) is 0 Å². The van der Waals surface area contributed by atoms with Crippen molar-refractivity contribution in [1.29, 1.82) is 0 Å². The molecule has 2 aliphatic rings. The third-order valence-corrected chi connectivity index (χ3v) is 5.05. The van der Waals surface area contributed by atoms with Crippen LogP contribution in [0.4, 0.5) is 10.1 Å². The van der Waals surface area contributed by atoms with E-state index in [-0.39, 0.29) is 11.9 Å². The molecular formula is C18H15BrFN. The van der Waals surface area contributed by atoms with Gasteiger partial charge in [0, 0.05) is 16.1 Å². The minimum atomic E-state index is -0.181. The second-order valence-electron chi connectivity index (χ2n) is 5.76. The molecule has 0 amide bonds. The minimum absolute atomic E-state index is 0.181. The molecule has 0 bridgehead atoms. The standard InChI is InChI=1S/C18H15BrFN/c19-12-6-9-17-16(10-12)14-2-1-3-15(14)18(21-17)11-4-7-13(20)8-5-11/h1-2,4-10,14-15,18,21H,3H2/t14-,15+,18+/m0/s1. The van der Waals surface area contributed by atoms with Gasteiger partial charge in [-0.25, -0.2) is 4.39 Å². The Hall–Kier alpha value is -1.61. The van der Waals surface area contributed by atoms with Crippen LogP contribution in [0.2, 0.25) is 0 Å². The molecule has 1 aliphatic heterocycles. The highest BCUT2D eigenvalue weighted by molar-refractivity contribution is 9.10. The minimum Gasteiger partial charge on any atom is -0.378 e. The number of hydrogen-bond acceptors (Lipinski definition) is 1. The van der Waals surface area contributed by atoms with Crippen molar-refractivity contribution in [3.05, 3.63) is 76.0 Å². The topological polar surface area (TPSA) is 12.0 Å². The summed E-state index contributed by atoms with van der Waals surface area (Å²) >= 11 is 3.56. The molecule has 1 aliphatic carbocycles. The lowest BCUT2D eigenvalue weighted by molar-refractivity contribution is 0.425. The van der Waals surface area contributed by atoms with Crippen molar-refractivity contribution in [2.24, 2.45) is 5.92 Å². The van der Waals surface area contributed by atoms with E-state index in [9.17, 15) is 4.39 Å². The van der Waals surface area contributed by atoms with Gasteiger partial charge in [0.15, 0.2) is 0 Å². The van der Waals surface area contributed by atoms with Gasteiger partial charge in [0.05, 0.1) is 6.04 Å². The molecule has 1 nitrogen and oxygen atoms in total. The van der Waals surface area contributed by atoms with E-state index < -0.39 is 0 Å². The van der Waals surface area contributed by atoms with Crippen LogP contribution in [-0.4, -0.2) is 0 Å². The Labute approximate surface area is 132 Å². The summed E-state index contributed by atoms with van der Waals surface area (Å²) in [5, 5.41) is 3.65. The lowest BCUT2D eigenvalue weighted by Crippen LogP contribution is -2.29. The fraction of sp³-hybridized carbons (Fsp3) is 0.222. The summed E-state index contributed by atoms with van der Waals surface area (Å²) in [6, 6.07) is 13.5. The van der Waals surface area contributed by atoms with Crippen molar-refractivity contribution in [2.45, 2.75) is 18.4 Å². The van der Waals surface area contributed by atoms with Gasteiger partial charge in [0.1, 0.15) is 5.82 Å². The third-order valence-electron chi connectivity index (χ3n) is 4.55. The van der Waals surface area contributed by atoms with E-state index in [0.717, 1.165) is 16.5 Å². The quantitative estimate of drug-likeness (QED) is 0.682. The van der Waals surface area contributed by atoms with Crippen LogP contribution < -0.4 is 5.32 Å². The van der Waals surface area contributed by atoms with Crippen LogP contribution in [0.1, 0.15) is 29.5 Å². The number of halogens is 2. The lowest BCUT2D eigenvalue weighted by atomic mass is 9.77. The van der Waals surface area contributed by atoms with Crippen LogP contribution in [0.3, 0.4) is 0 Å². The van der Waals surface area contributed by atoms with Crippen LogP contribution in [0.25, 0.3) is 0 Å². The van der Waals surface area contributed by atoms with Crippen LogP contribution >= 0.6 is 15.9 Å². The second-order valence-corrected chi connectivity index (χ2v) is 6.67. The second kappa shape index (κ2) is 4.99. The Morgan fingerprint density at radius 2 is 1.90 bits per heavy atom. The Morgan fingerprint density at radius 3 is 2.71 bits per heavy atom. The molecule has 0 aromatic heterocycles. The van der Waals surface area contributed by atoms with Crippen molar-refractivity contribution in [2.75, 3.05) is 5.32 Å². The zero-order valence-corrected chi connectivity index (χ0v) is 13.0. The average Bonchev–Trinajstić information content (AvgIpc) is 2.97. The predicted octanol–water partition coefficient (Wildman–Crippen LogP) is 5.41. The molecule has 0 spiro atoms. The Balaban J connectivity index is 1.78. The summed E-state index contributed by atoms with van der Waals surface area (Å²) in [5.41, 5.74) is 3.69. The smallest absolute Gasteiger partial charge is 0.123 e. The van der Waals surface area contributed by atoms with Gasteiger partial charge in [-0.3, -0.25) is 0 Å². The van der Waals surface area contributed by atoms with Crippen molar-refractivity contribution in [3.8, 4) is 0 Å². The molecule has 1 heterocycles. The molecule has 0 saturated carbocycles. The zero-order chi connectivity index (χ0) is 14.4. The molecule has 2 aromatic rings. The summed E-state index contributed by atoms with van der Waals surface area (Å²) in [5.74, 6) is 0.756. The first-order valence-corrected chi connectivity index (χ1v) is 8.00. The molecule has 1 N–H and O–H groups in total. The van der Waals surface area contributed by atoms with Crippen molar-refractivity contribution < 1.29 is 4.39 Å². The summed E-state index contributed by atoms with van der Waals surface area (Å²) in [4.78, 5) is 0. The zero-order valence-electron chi connectivity index (χ0n) is 11.4. The summed E-state index contributed by atoms with van der Waals surface area (Å²) in [6.07, 6.45) is 5.64. The molecule has 106 valence electrons. The molecule has 21 heavy (non-hydrogen) atoms. The molecule has 0 radical (unpaired) electrons. The van der Waals surface area contributed by atoms with Crippen molar-refractivity contribution in [1.82, 2.24) is 0 Å². The van der Waals surface area contributed by atoms with Gasteiger partial charge in [-0.05, 0) is 53.8 Å². The first-order chi connectivity index (χ1) is 10.2. The third kappa shape index (κ3) is 2.20. The van der Waals surface area contributed by atoms with Gasteiger partial charge in [-0.1, -0.05) is 40.2 Å². The number of anilines is 1. The van der Waals surface area contributed by atoms with E-state index in [0.29, 0.717) is 11.8 Å².